The maximum atomic E-state index is 5.85. The van der Waals surface area contributed by atoms with E-state index in [4.69, 9.17) is 22.1 Å². The zero-order valence-electron chi connectivity index (χ0n) is 7.94. The van der Waals surface area contributed by atoms with Gasteiger partial charge in [-0.25, -0.2) is 0 Å². The number of thiophene rings is 1. The summed E-state index contributed by atoms with van der Waals surface area (Å²) in [5.74, 6) is 0.743. The Morgan fingerprint density at radius 1 is 1.27 bits per heavy atom. The Labute approximate surface area is 97.3 Å². The van der Waals surface area contributed by atoms with Crippen LogP contribution in [0.15, 0.2) is 36.4 Å². The van der Waals surface area contributed by atoms with Crippen molar-refractivity contribution in [1.82, 2.24) is 0 Å². The van der Waals surface area contributed by atoms with E-state index in [0.717, 1.165) is 15.7 Å². The van der Waals surface area contributed by atoms with Crippen molar-refractivity contribution >= 4 is 22.9 Å². The van der Waals surface area contributed by atoms with E-state index in [-0.39, 0.29) is 0 Å². The Kier molecular flexibility index (Phi) is 3.26. The molecule has 0 aliphatic heterocycles. The van der Waals surface area contributed by atoms with E-state index in [1.807, 2.05) is 30.3 Å². The van der Waals surface area contributed by atoms with Crippen molar-refractivity contribution in [2.24, 2.45) is 5.73 Å². The summed E-state index contributed by atoms with van der Waals surface area (Å²) < 4.78 is 5.62. The van der Waals surface area contributed by atoms with Crippen LogP contribution in [-0.2, 0) is 6.54 Å². The first-order chi connectivity index (χ1) is 7.28. The zero-order chi connectivity index (χ0) is 10.7. The SMILES string of the molecule is NCc1ccc(Oc2cccc(Cl)c2)s1. The molecule has 0 unspecified atom stereocenters. The molecular formula is C11H10ClNOS. The Hall–Kier alpha value is -1.03. The Balaban J connectivity index is 2.14. The number of ether oxygens (including phenoxy) is 1. The lowest BCUT2D eigenvalue weighted by molar-refractivity contribution is 0.496. The summed E-state index contributed by atoms with van der Waals surface area (Å²) >= 11 is 7.39. The molecule has 2 nitrogen and oxygen atoms in total. The molecule has 1 heterocycles. The van der Waals surface area contributed by atoms with Crippen LogP contribution in [0.25, 0.3) is 0 Å². The molecule has 0 fully saturated rings. The van der Waals surface area contributed by atoms with Crippen molar-refractivity contribution < 1.29 is 4.74 Å². The number of halogens is 1. The molecule has 0 radical (unpaired) electrons. The second-order valence-corrected chi connectivity index (χ2v) is 4.55. The van der Waals surface area contributed by atoms with Crippen molar-refractivity contribution in [1.29, 1.82) is 0 Å². The van der Waals surface area contributed by atoms with Gasteiger partial charge in [0.1, 0.15) is 5.75 Å². The molecule has 78 valence electrons. The highest BCUT2D eigenvalue weighted by Gasteiger charge is 2.01. The van der Waals surface area contributed by atoms with Crippen LogP contribution in [0.3, 0.4) is 0 Å². The predicted molar refractivity (Wildman–Crippen MR) is 63.7 cm³/mol. The standard InChI is InChI=1S/C11H10ClNOS/c12-8-2-1-3-9(6-8)14-11-5-4-10(7-13)15-11/h1-6H,7,13H2. The zero-order valence-corrected chi connectivity index (χ0v) is 9.52. The highest BCUT2D eigenvalue weighted by atomic mass is 35.5. The summed E-state index contributed by atoms with van der Waals surface area (Å²) in [5.41, 5.74) is 5.51. The van der Waals surface area contributed by atoms with Gasteiger partial charge in [-0.15, -0.1) is 11.3 Å². The molecule has 0 aliphatic rings. The third kappa shape index (κ3) is 2.72. The van der Waals surface area contributed by atoms with Crippen LogP contribution in [0, 0.1) is 0 Å². The molecule has 0 saturated heterocycles. The minimum absolute atomic E-state index is 0.545. The molecule has 2 N–H and O–H groups in total. The molecule has 2 aromatic rings. The molecule has 2 rings (SSSR count). The van der Waals surface area contributed by atoms with E-state index in [1.54, 1.807) is 17.4 Å². The summed E-state index contributed by atoms with van der Waals surface area (Å²) in [6, 6.07) is 11.2. The third-order valence-corrected chi connectivity index (χ3v) is 3.07. The maximum Gasteiger partial charge on any atom is 0.181 e. The van der Waals surface area contributed by atoms with Crippen LogP contribution in [0.4, 0.5) is 0 Å². The Morgan fingerprint density at radius 2 is 2.13 bits per heavy atom. The van der Waals surface area contributed by atoms with Gasteiger partial charge in [-0.3, -0.25) is 0 Å². The second-order valence-electron chi connectivity index (χ2n) is 2.98. The van der Waals surface area contributed by atoms with Crippen LogP contribution in [0.2, 0.25) is 5.02 Å². The van der Waals surface area contributed by atoms with Gasteiger partial charge in [0.2, 0.25) is 0 Å². The van der Waals surface area contributed by atoms with Gasteiger partial charge in [0.15, 0.2) is 5.06 Å². The summed E-state index contributed by atoms with van der Waals surface area (Å²) in [6.07, 6.45) is 0. The lowest BCUT2D eigenvalue weighted by atomic mass is 10.3. The maximum absolute atomic E-state index is 5.85. The van der Waals surface area contributed by atoms with Gasteiger partial charge < -0.3 is 10.5 Å². The van der Waals surface area contributed by atoms with E-state index in [1.165, 1.54) is 0 Å². The van der Waals surface area contributed by atoms with Crippen LogP contribution in [-0.4, -0.2) is 0 Å². The molecule has 0 saturated carbocycles. The first-order valence-electron chi connectivity index (χ1n) is 4.50. The smallest absolute Gasteiger partial charge is 0.181 e. The van der Waals surface area contributed by atoms with Crippen molar-refractivity contribution in [3.8, 4) is 10.8 Å². The molecule has 0 aliphatic carbocycles. The second kappa shape index (κ2) is 4.66. The highest BCUT2D eigenvalue weighted by Crippen LogP contribution is 2.30. The minimum atomic E-state index is 0.545. The largest absolute Gasteiger partial charge is 0.447 e. The van der Waals surface area contributed by atoms with Gasteiger partial charge in [0.05, 0.1) is 0 Å². The van der Waals surface area contributed by atoms with Crippen LogP contribution >= 0.6 is 22.9 Å². The molecule has 0 bridgehead atoms. The third-order valence-electron chi connectivity index (χ3n) is 1.85. The number of rotatable bonds is 3. The minimum Gasteiger partial charge on any atom is -0.447 e. The molecule has 0 spiro atoms. The van der Waals surface area contributed by atoms with E-state index in [9.17, 15) is 0 Å². The average Bonchev–Trinajstić information content (AvgIpc) is 2.65. The lowest BCUT2D eigenvalue weighted by Crippen LogP contribution is -1.91. The molecular weight excluding hydrogens is 230 g/mol. The monoisotopic (exact) mass is 239 g/mol. The van der Waals surface area contributed by atoms with Gasteiger partial charge in [0, 0.05) is 16.4 Å². The first kappa shape index (κ1) is 10.5. The number of hydrogen-bond acceptors (Lipinski definition) is 3. The number of hydrogen-bond donors (Lipinski definition) is 1. The fourth-order valence-corrected chi connectivity index (χ4v) is 2.10. The van der Waals surface area contributed by atoms with Gasteiger partial charge in [-0.05, 0) is 30.3 Å². The van der Waals surface area contributed by atoms with Crippen LogP contribution < -0.4 is 10.5 Å². The summed E-state index contributed by atoms with van der Waals surface area (Å²) in [7, 11) is 0. The average molecular weight is 240 g/mol. The first-order valence-corrected chi connectivity index (χ1v) is 5.69. The predicted octanol–water partition coefficient (Wildman–Crippen LogP) is 3.65. The number of nitrogens with two attached hydrogens (primary N) is 1. The van der Waals surface area contributed by atoms with E-state index >= 15 is 0 Å². The van der Waals surface area contributed by atoms with E-state index in [0.29, 0.717) is 11.6 Å². The fourth-order valence-electron chi connectivity index (χ4n) is 1.17. The van der Waals surface area contributed by atoms with Crippen molar-refractivity contribution in [2.45, 2.75) is 6.54 Å². The molecule has 1 aromatic heterocycles. The highest BCUT2D eigenvalue weighted by molar-refractivity contribution is 7.13. The van der Waals surface area contributed by atoms with E-state index < -0.39 is 0 Å². The normalized spacial score (nSPS) is 10.3. The molecule has 0 amide bonds. The van der Waals surface area contributed by atoms with Crippen molar-refractivity contribution in [3.05, 3.63) is 46.3 Å². The van der Waals surface area contributed by atoms with Crippen molar-refractivity contribution in [3.63, 3.8) is 0 Å². The van der Waals surface area contributed by atoms with Gasteiger partial charge in [0.25, 0.3) is 0 Å². The van der Waals surface area contributed by atoms with Crippen molar-refractivity contribution in [2.75, 3.05) is 0 Å². The van der Waals surface area contributed by atoms with Gasteiger partial charge >= 0.3 is 0 Å². The summed E-state index contributed by atoms with van der Waals surface area (Å²) in [5, 5.41) is 1.50. The summed E-state index contributed by atoms with van der Waals surface area (Å²) in [6.45, 7) is 0.545. The topological polar surface area (TPSA) is 35.2 Å². The van der Waals surface area contributed by atoms with Crippen LogP contribution in [0.1, 0.15) is 4.88 Å². The lowest BCUT2D eigenvalue weighted by Gasteiger charge is -2.02. The van der Waals surface area contributed by atoms with Gasteiger partial charge in [-0.1, -0.05) is 17.7 Å². The molecule has 15 heavy (non-hydrogen) atoms. The summed E-state index contributed by atoms with van der Waals surface area (Å²) in [4.78, 5) is 1.10. The Morgan fingerprint density at radius 3 is 2.80 bits per heavy atom. The fraction of sp³-hybridized carbons (Fsp3) is 0.0909. The van der Waals surface area contributed by atoms with Crippen LogP contribution in [0.5, 0.6) is 10.8 Å². The molecule has 4 heteroatoms. The van der Waals surface area contributed by atoms with E-state index in [2.05, 4.69) is 0 Å². The quantitative estimate of drug-likeness (QED) is 0.887. The molecule has 1 aromatic carbocycles. The van der Waals surface area contributed by atoms with Gasteiger partial charge in [-0.2, -0.15) is 0 Å². The molecule has 0 atom stereocenters. The Bertz CT molecular complexity index is 455. The number of benzene rings is 1.